The Labute approximate surface area is 195 Å². The molecule has 0 saturated carbocycles. The molecule has 8 nitrogen and oxygen atoms in total. The maximum atomic E-state index is 12.5. The van der Waals surface area contributed by atoms with Crippen LogP contribution < -0.4 is 14.8 Å². The summed E-state index contributed by atoms with van der Waals surface area (Å²) in [5.74, 6) is 2.09. The molecule has 1 aliphatic heterocycles. The van der Waals surface area contributed by atoms with E-state index >= 15 is 0 Å². The second-order valence-corrected chi connectivity index (χ2v) is 8.75. The van der Waals surface area contributed by atoms with Crippen LogP contribution in [-0.2, 0) is 17.8 Å². The van der Waals surface area contributed by atoms with Crippen molar-refractivity contribution < 1.29 is 18.7 Å². The van der Waals surface area contributed by atoms with Gasteiger partial charge in [-0.05, 0) is 32.0 Å². The number of rotatable bonds is 8. The van der Waals surface area contributed by atoms with E-state index in [1.807, 2.05) is 56.4 Å². The predicted octanol–water partition coefficient (Wildman–Crippen LogP) is 4.35. The Hall–Kier alpha value is -3.46. The molecule has 1 amide bonds. The third-order valence-electron chi connectivity index (χ3n) is 5.41. The lowest BCUT2D eigenvalue weighted by molar-refractivity contribution is -0.118. The summed E-state index contributed by atoms with van der Waals surface area (Å²) in [7, 11) is 0. The molecule has 0 bridgehead atoms. The van der Waals surface area contributed by atoms with Gasteiger partial charge in [0.25, 0.3) is 11.1 Å². The van der Waals surface area contributed by atoms with Crippen molar-refractivity contribution in [1.82, 2.24) is 20.5 Å². The second-order valence-electron chi connectivity index (χ2n) is 7.82. The maximum Gasteiger partial charge on any atom is 0.277 e. The molecule has 4 aromatic rings. The van der Waals surface area contributed by atoms with Crippen LogP contribution in [-0.4, -0.2) is 39.6 Å². The monoisotopic (exact) mass is 464 g/mol. The first-order valence-corrected chi connectivity index (χ1v) is 11.8. The van der Waals surface area contributed by atoms with E-state index in [4.69, 9.17) is 13.9 Å². The molecule has 0 saturated heterocycles. The molecule has 0 radical (unpaired) electrons. The number of H-pyrrole nitrogens is 1. The van der Waals surface area contributed by atoms with Gasteiger partial charge in [0.15, 0.2) is 0 Å². The second kappa shape index (κ2) is 9.19. The van der Waals surface area contributed by atoms with Gasteiger partial charge in [-0.1, -0.05) is 30.0 Å². The highest BCUT2D eigenvalue weighted by atomic mass is 32.2. The number of para-hydroxylation sites is 1. The summed E-state index contributed by atoms with van der Waals surface area (Å²) in [6.07, 6.45) is 2.86. The average Bonchev–Trinajstić information content (AvgIpc) is 3.53. The van der Waals surface area contributed by atoms with Gasteiger partial charge in [0, 0.05) is 41.2 Å². The molecular weight excluding hydrogens is 440 g/mol. The summed E-state index contributed by atoms with van der Waals surface area (Å²) in [5, 5.41) is 12.5. The number of ether oxygens (including phenoxy) is 2. The number of nitrogens with one attached hydrogen (secondary N) is 2. The topological polar surface area (TPSA) is 102 Å². The quantitative estimate of drug-likeness (QED) is 0.374. The minimum Gasteiger partial charge on any atom is -0.494 e. The van der Waals surface area contributed by atoms with Crippen molar-refractivity contribution in [2.45, 2.75) is 38.1 Å². The number of carbonyl (C=O) groups excluding carboxylic acids is 1. The molecule has 5 rings (SSSR count). The number of carbonyl (C=O) groups is 1. The number of aromatic nitrogens is 3. The van der Waals surface area contributed by atoms with Crippen molar-refractivity contribution in [3.8, 4) is 23.0 Å². The van der Waals surface area contributed by atoms with E-state index in [1.54, 1.807) is 0 Å². The molecule has 0 spiro atoms. The highest BCUT2D eigenvalue weighted by Gasteiger charge is 2.22. The SMILES string of the molecule is CCOc1cc2c(cc1CNC(=O)CSc1nnc(-c3c[nH]c4ccccc34)o1)O[C@@H](C)C2. The van der Waals surface area contributed by atoms with Crippen molar-refractivity contribution >= 4 is 28.6 Å². The lowest BCUT2D eigenvalue weighted by Gasteiger charge is -2.13. The Kier molecular flexibility index (Phi) is 5.95. The zero-order valence-electron chi connectivity index (χ0n) is 18.4. The van der Waals surface area contributed by atoms with Crippen molar-refractivity contribution in [1.29, 1.82) is 0 Å². The molecular formula is C24H24N4O4S. The summed E-state index contributed by atoms with van der Waals surface area (Å²) in [5.41, 5.74) is 3.87. The number of hydrogen-bond donors (Lipinski definition) is 2. The Morgan fingerprint density at radius 3 is 3.06 bits per heavy atom. The third-order valence-corrected chi connectivity index (χ3v) is 6.23. The normalized spacial score (nSPS) is 14.8. The van der Waals surface area contributed by atoms with Gasteiger partial charge < -0.3 is 24.2 Å². The summed E-state index contributed by atoms with van der Waals surface area (Å²) >= 11 is 1.20. The van der Waals surface area contributed by atoms with E-state index in [2.05, 4.69) is 20.5 Å². The number of benzene rings is 2. The van der Waals surface area contributed by atoms with E-state index in [1.165, 1.54) is 11.8 Å². The van der Waals surface area contributed by atoms with Crippen molar-refractivity contribution in [3.05, 3.63) is 53.7 Å². The van der Waals surface area contributed by atoms with Gasteiger partial charge in [0.05, 0.1) is 17.9 Å². The van der Waals surface area contributed by atoms with E-state index in [-0.39, 0.29) is 17.8 Å². The van der Waals surface area contributed by atoms with Crippen LogP contribution in [0.1, 0.15) is 25.0 Å². The van der Waals surface area contributed by atoms with Crippen molar-refractivity contribution in [3.63, 3.8) is 0 Å². The Morgan fingerprint density at radius 2 is 2.18 bits per heavy atom. The number of hydrogen-bond acceptors (Lipinski definition) is 7. The van der Waals surface area contributed by atoms with E-state index in [9.17, 15) is 4.79 Å². The van der Waals surface area contributed by atoms with Crippen LogP contribution >= 0.6 is 11.8 Å². The van der Waals surface area contributed by atoms with Gasteiger partial charge in [0.1, 0.15) is 17.6 Å². The molecule has 0 unspecified atom stereocenters. The molecule has 2 aromatic heterocycles. The van der Waals surface area contributed by atoms with Crippen LogP contribution in [0.5, 0.6) is 11.5 Å². The first-order chi connectivity index (χ1) is 16.1. The summed E-state index contributed by atoms with van der Waals surface area (Å²) in [6, 6.07) is 11.9. The average molecular weight is 465 g/mol. The fourth-order valence-corrected chi connectivity index (χ4v) is 4.50. The van der Waals surface area contributed by atoms with Gasteiger partial charge in [-0.2, -0.15) is 0 Å². The number of aromatic amines is 1. The van der Waals surface area contributed by atoms with Crippen LogP contribution in [0.25, 0.3) is 22.4 Å². The zero-order valence-corrected chi connectivity index (χ0v) is 19.2. The summed E-state index contributed by atoms with van der Waals surface area (Å²) in [4.78, 5) is 15.6. The van der Waals surface area contributed by atoms with Crippen LogP contribution in [0.3, 0.4) is 0 Å². The van der Waals surface area contributed by atoms with Crippen molar-refractivity contribution in [2.75, 3.05) is 12.4 Å². The number of fused-ring (bicyclic) bond motifs is 2. The van der Waals surface area contributed by atoms with E-state index < -0.39 is 0 Å². The predicted molar refractivity (Wildman–Crippen MR) is 126 cm³/mol. The minimum absolute atomic E-state index is 0.135. The molecule has 3 heterocycles. The number of nitrogens with zero attached hydrogens (tertiary/aromatic N) is 2. The van der Waals surface area contributed by atoms with Gasteiger partial charge in [0.2, 0.25) is 5.91 Å². The molecule has 0 aliphatic carbocycles. The number of thioether (sulfide) groups is 1. The first-order valence-electron chi connectivity index (χ1n) is 10.9. The molecule has 2 N–H and O–H groups in total. The molecule has 2 aromatic carbocycles. The van der Waals surface area contributed by atoms with Crippen LogP contribution in [0.4, 0.5) is 0 Å². The lowest BCUT2D eigenvalue weighted by atomic mass is 10.1. The highest BCUT2D eigenvalue weighted by Crippen LogP contribution is 2.35. The zero-order chi connectivity index (χ0) is 22.8. The third kappa shape index (κ3) is 4.54. The number of amides is 1. The standard InChI is InChI=1S/C24H24N4O4S/c1-3-30-20-9-15-8-14(2)31-21(15)10-16(20)11-26-22(29)13-33-24-28-27-23(32-24)18-12-25-19-7-5-4-6-17(18)19/h4-7,9-10,12,14,25H,3,8,11,13H2,1-2H3,(H,26,29)/t14-/m0/s1. The fourth-order valence-electron chi connectivity index (χ4n) is 3.91. The molecule has 1 aliphatic rings. The van der Waals surface area contributed by atoms with Crippen LogP contribution in [0.15, 0.2) is 52.2 Å². The van der Waals surface area contributed by atoms with Gasteiger partial charge in [-0.15, -0.1) is 10.2 Å². The lowest BCUT2D eigenvalue weighted by Crippen LogP contribution is -2.25. The smallest absolute Gasteiger partial charge is 0.277 e. The largest absolute Gasteiger partial charge is 0.494 e. The first kappa shape index (κ1) is 21.4. The Morgan fingerprint density at radius 1 is 1.30 bits per heavy atom. The van der Waals surface area contributed by atoms with Crippen LogP contribution in [0, 0.1) is 0 Å². The fraction of sp³-hybridized carbons (Fsp3) is 0.292. The molecule has 33 heavy (non-hydrogen) atoms. The Balaban J connectivity index is 1.20. The van der Waals surface area contributed by atoms with Gasteiger partial charge >= 0.3 is 0 Å². The summed E-state index contributed by atoms with van der Waals surface area (Å²) in [6.45, 7) is 4.90. The van der Waals surface area contributed by atoms with E-state index in [0.29, 0.717) is 24.3 Å². The maximum absolute atomic E-state index is 12.5. The van der Waals surface area contributed by atoms with Crippen molar-refractivity contribution in [2.24, 2.45) is 0 Å². The molecule has 1 atom stereocenters. The highest BCUT2D eigenvalue weighted by molar-refractivity contribution is 7.99. The minimum atomic E-state index is -0.135. The summed E-state index contributed by atoms with van der Waals surface area (Å²) < 4.78 is 17.4. The van der Waals surface area contributed by atoms with Gasteiger partial charge in [-0.3, -0.25) is 4.79 Å². The molecule has 0 fully saturated rings. The van der Waals surface area contributed by atoms with E-state index in [0.717, 1.165) is 45.5 Å². The Bertz CT molecular complexity index is 1300. The van der Waals surface area contributed by atoms with Crippen LogP contribution in [0.2, 0.25) is 0 Å². The van der Waals surface area contributed by atoms with Gasteiger partial charge in [-0.25, -0.2) is 0 Å². The molecule has 9 heteroatoms. The molecule has 170 valence electrons.